The second-order valence-electron chi connectivity index (χ2n) is 9.73. The van der Waals surface area contributed by atoms with Gasteiger partial charge in [-0.3, -0.25) is 9.78 Å². The van der Waals surface area contributed by atoms with E-state index in [1.165, 1.54) is 25.7 Å². The zero-order valence-electron chi connectivity index (χ0n) is 19.3. The Bertz CT molecular complexity index is 708. The molecule has 1 fully saturated rings. The quantitative estimate of drug-likeness (QED) is 0.282. The van der Waals surface area contributed by atoms with Crippen molar-refractivity contribution < 1.29 is 9.90 Å². The molecule has 2 rings (SSSR count). The molecule has 0 radical (unpaired) electrons. The monoisotopic (exact) mass is 449 g/mol. The van der Waals surface area contributed by atoms with Crippen molar-refractivity contribution in [1.29, 1.82) is 0 Å². The van der Waals surface area contributed by atoms with Gasteiger partial charge in [0.15, 0.2) is 0 Å². The Morgan fingerprint density at radius 3 is 2.84 bits per heavy atom. The van der Waals surface area contributed by atoms with E-state index in [9.17, 15) is 9.90 Å². The molecule has 1 heterocycles. The average Bonchev–Trinajstić information content (AvgIpc) is 3.19. The minimum atomic E-state index is -0.118. The van der Waals surface area contributed by atoms with E-state index in [-0.39, 0.29) is 17.9 Å². The SMILES string of the molecule is C=CCC1CCC(CCCNC(=O)c2cc(CCCNCC(C)(C)CO)ncc2Cl)C1. The molecule has 3 N–H and O–H groups in total. The van der Waals surface area contributed by atoms with Gasteiger partial charge in [0.05, 0.1) is 10.6 Å². The van der Waals surface area contributed by atoms with Gasteiger partial charge in [-0.25, -0.2) is 0 Å². The maximum absolute atomic E-state index is 12.6. The number of halogens is 1. The molecular formula is C25H40ClN3O2. The summed E-state index contributed by atoms with van der Waals surface area (Å²) in [6.07, 6.45) is 12.5. The number of hydrogen-bond acceptors (Lipinski definition) is 4. The summed E-state index contributed by atoms with van der Waals surface area (Å²) in [5, 5.41) is 16.1. The Kier molecular flexibility index (Phi) is 11.0. The van der Waals surface area contributed by atoms with Crippen LogP contribution in [0.3, 0.4) is 0 Å². The van der Waals surface area contributed by atoms with Crippen molar-refractivity contribution in [2.24, 2.45) is 17.3 Å². The first kappa shape index (κ1) is 25.8. The standard InChI is InChI=1S/C25H40ClN3O2/c1-4-7-19-10-11-20(14-19)8-5-13-28-24(31)22-15-21(29-16-23(22)26)9-6-12-27-17-25(2,3)18-30/h4,15-16,19-20,27,30H,1,5-14,17-18H2,2-3H3,(H,28,31). The summed E-state index contributed by atoms with van der Waals surface area (Å²) in [7, 11) is 0. The van der Waals surface area contributed by atoms with E-state index in [4.69, 9.17) is 11.6 Å². The molecular weight excluding hydrogens is 410 g/mol. The maximum Gasteiger partial charge on any atom is 0.252 e. The van der Waals surface area contributed by atoms with Gasteiger partial charge in [-0.15, -0.1) is 6.58 Å². The van der Waals surface area contributed by atoms with Crippen LogP contribution in [0.15, 0.2) is 24.9 Å². The Morgan fingerprint density at radius 2 is 2.10 bits per heavy atom. The molecule has 0 saturated heterocycles. The van der Waals surface area contributed by atoms with Gasteiger partial charge in [0, 0.05) is 37.0 Å². The third-order valence-corrected chi connectivity index (χ3v) is 6.50. The fraction of sp³-hybridized carbons (Fsp3) is 0.680. The van der Waals surface area contributed by atoms with Crippen molar-refractivity contribution in [1.82, 2.24) is 15.6 Å². The number of pyridine rings is 1. The van der Waals surface area contributed by atoms with Crippen LogP contribution in [0.2, 0.25) is 5.02 Å². The lowest BCUT2D eigenvalue weighted by Crippen LogP contribution is -2.32. The molecule has 174 valence electrons. The number of carbonyl (C=O) groups excluding carboxylic acids is 1. The fourth-order valence-corrected chi connectivity index (χ4v) is 4.44. The minimum Gasteiger partial charge on any atom is -0.396 e. The number of allylic oxidation sites excluding steroid dienone is 1. The number of hydrogen-bond donors (Lipinski definition) is 3. The molecule has 0 aromatic carbocycles. The van der Waals surface area contributed by atoms with Gasteiger partial charge in [-0.05, 0) is 69.4 Å². The smallest absolute Gasteiger partial charge is 0.252 e. The first-order chi connectivity index (χ1) is 14.8. The van der Waals surface area contributed by atoms with Crippen LogP contribution < -0.4 is 10.6 Å². The van der Waals surface area contributed by atoms with Crippen molar-refractivity contribution in [3.63, 3.8) is 0 Å². The van der Waals surface area contributed by atoms with E-state index >= 15 is 0 Å². The number of rotatable bonds is 14. The molecule has 0 spiro atoms. The molecule has 0 bridgehead atoms. The number of amides is 1. The van der Waals surface area contributed by atoms with Gasteiger partial charge in [-0.1, -0.05) is 37.9 Å². The molecule has 1 aliphatic rings. The van der Waals surface area contributed by atoms with Gasteiger partial charge in [0.1, 0.15) is 0 Å². The highest BCUT2D eigenvalue weighted by Crippen LogP contribution is 2.35. The van der Waals surface area contributed by atoms with Gasteiger partial charge in [-0.2, -0.15) is 0 Å². The van der Waals surface area contributed by atoms with Gasteiger partial charge < -0.3 is 15.7 Å². The van der Waals surface area contributed by atoms with Gasteiger partial charge in [0.2, 0.25) is 0 Å². The Balaban J connectivity index is 1.70. The number of nitrogens with one attached hydrogen (secondary N) is 2. The van der Waals surface area contributed by atoms with Crippen LogP contribution in [0.25, 0.3) is 0 Å². The van der Waals surface area contributed by atoms with Crippen LogP contribution in [0, 0.1) is 17.3 Å². The summed E-state index contributed by atoms with van der Waals surface area (Å²) in [6.45, 7) is 10.3. The number of carbonyl (C=O) groups is 1. The van der Waals surface area contributed by atoms with Crippen LogP contribution in [-0.2, 0) is 6.42 Å². The third-order valence-electron chi connectivity index (χ3n) is 6.20. The topological polar surface area (TPSA) is 74.2 Å². The van der Waals surface area contributed by atoms with Crippen LogP contribution in [0.4, 0.5) is 0 Å². The number of aliphatic hydroxyl groups is 1. The molecule has 1 amide bonds. The zero-order valence-corrected chi connectivity index (χ0v) is 20.0. The largest absolute Gasteiger partial charge is 0.396 e. The normalized spacial score (nSPS) is 18.8. The van der Waals surface area contributed by atoms with E-state index < -0.39 is 0 Å². The molecule has 1 aromatic rings. The Morgan fingerprint density at radius 1 is 1.32 bits per heavy atom. The molecule has 1 aromatic heterocycles. The van der Waals surface area contributed by atoms with Crippen molar-refractivity contribution in [3.05, 3.63) is 41.2 Å². The van der Waals surface area contributed by atoms with E-state index in [1.54, 1.807) is 6.20 Å². The van der Waals surface area contributed by atoms with E-state index in [2.05, 4.69) is 22.2 Å². The highest BCUT2D eigenvalue weighted by atomic mass is 35.5. The summed E-state index contributed by atoms with van der Waals surface area (Å²) in [4.78, 5) is 17.0. The number of aromatic nitrogens is 1. The average molecular weight is 450 g/mol. The van der Waals surface area contributed by atoms with Crippen molar-refractivity contribution in [3.8, 4) is 0 Å². The minimum absolute atomic E-state index is 0.116. The van der Waals surface area contributed by atoms with Crippen LogP contribution in [0.1, 0.15) is 74.8 Å². The van der Waals surface area contributed by atoms with Gasteiger partial charge >= 0.3 is 0 Å². The summed E-state index contributed by atoms with van der Waals surface area (Å²) >= 11 is 6.24. The van der Waals surface area contributed by atoms with E-state index in [0.717, 1.165) is 56.3 Å². The van der Waals surface area contributed by atoms with Crippen LogP contribution >= 0.6 is 11.6 Å². The summed E-state index contributed by atoms with van der Waals surface area (Å²) in [6, 6.07) is 1.81. The van der Waals surface area contributed by atoms with E-state index in [1.807, 2.05) is 26.0 Å². The molecule has 5 nitrogen and oxygen atoms in total. The lowest BCUT2D eigenvalue weighted by Gasteiger charge is -2.21. The molecule has 2 atom stereocenters. The summed E-state index contributed by atoms with van der Waals surface area (Å²) in [5.41, 5.74) is 1.26. The Hall–Kier alpha value is -1.43. The summed E-state index contributed by atoms with van der Waals surface area (Å²) < 4.78 is 0. The number of aliphatic hydroxyl groups excluding tert-OH is 1. The third kappa shape index (κ3) is 9.30. The van der Waals surface area contributed by atoms with Crippen molar-refractivity contribution in [2.45, 2.75) is 65.2 Å². The fourth-order valence-electron chi connectivity index (χ4n) is 4.25. The maximum atomic E-state index is 12.6. The molecule has 0 aliphatic heterocycles. The van der Waals surface area contributed by atoms with E-state index in [0.29, 0.717) is 17.1 Å². The predicted molar refractivity (Wildman–Crippen MR) is 129 cm³/mol. The van der Waals surface area contributed by atoms with Crippen LogP contribution in [-0.4, -0.2) is 42.2 Å². The summed E-state index contributed by atoms with van der Waals surface area (Å²) in [5.74, 6) is 1.48. The second-order valence-corrected chi connectivity index (χ2v) is 10.1. The number of nitrogens with zero attached hydrogens (tertiary/aromatic N) is 1. The lowest BCUT2D eigenvalue weighted by molar-refractivity contribution is 0.0952. The Labute approximate surface area is 193 Å². The molecule has 1 saturated carbocycles. The molecule has 2 unspecified atom stereocenters. The molecule has 31 heavy (non-hydrogen) atoms. The van der Waals surface area contributed by atoms with Crippen LogP contribution in [0.5, 0.6) is 0 Å². The highest BCUT2D eigenvalue weighted by Gasteiger charge is 2.23. The molecule has 6 heteroatoms. The lowest BCUT2D eigenvalue weighted by atomic mass is 9.95. The molecule has 1 aliphatic carbocycles. The first-order valence-corrected chi connectivity index (χ1v) is 12.1. The second kappa shape index (κ2) is 13.2. The number of aryl methyl sites for hydroxylation is 1. The first-order valence-electron chi connectivity index (χ1n) is 11.7. The van der Waals surface area contributed by atoms with Gasteiger partial charge in [0.25, 0.3) is 5.91 Å². The van der Waals surface area contributed by atoms with Crippen molar-refractivity contribution in [2.75, 3.05) is 26.2 Å². The highest BCUT2D eigenvalue weighted by molar-refractivity contribution is 6.33. The van der Waals surface area contributed by atoms with Crippen molar-refractivity contribution >= 4 is 17.5 Å². The zero-order chi connectivity index (χ0) is 22.7. The predicted octanol–water partition coefficient (Wildman–Crippen LogP) is 4.78.